The van der Waals surface area contributed by atoms with E-state index >= 15 is 0 Å². The Morgan fingerprint density at radius 1 is 1.14 bits per heavy atom. The van der Waals surface area contributed by atoms with Crippen molar-refractivity contribution in [3.8, 4) is 5.75 Å². The van der Waals surface area contributed by atoms with Crippen LogP contribution in [0.3, 0.4) is 0 Å². The van der Waals surface area contributed by atoms with Crippen molar-refractivity contribution in [1.29, 1.82) is 0 Å². The lowest BCUT2D eigenvalue weighted by Gasteiger charge is -2.34. The van der Waals surface area contributed by atoms with Crippen molar-refractivity contribution in [2.24, 2.45) is 0 Å². The molecule has 0 fully saturated rings. The summed E-state index contributed by atoms with van der Waals surface area (Å²) in [6.45, 7) is 9.10. The number of amides is 2. The van der Waals surface area contributed by atoms with Gasteiger partial charge < -0.3 is 20.1 Å². The molecule has 0 aliphatic carbocycles. The lowest BCUT2D eigenvalue weighted by atomic mass is 9.98. The zero-order valence-electron chi connectivity index (χ0n) is 20.9. The minimum absolute atomic E-state index is 0.0613. The predicted octanol–water partition coefficient (Wildman–Crippen LogP) is 3.44. The summed E-state index contributed by atoms with van der Waals surface area (Å²) in [5.41, 5.74) is 1.60. The molecule has 9 heteroatoms. The van der Waals surface area contributed by atoms with E-state index in [0.717, 1.165) is 11.9 Å². The van der Waals surface area contributed by atoms with E-state index < -0.39 is 11.6 Å². The molecule has 3 rings (SSSR count). The Bertz CT molecular complexity index is 1130. The Hall–Kier alpha value is -3.46. The van der Waals surface area contributed by atoms with Gasteiger partial charge in [-0.3, -0.25) is 9.59 Å². The van der Waals surface area contributed by atoms with Crippen LogP contribution in [-0.4, -0.2) is 62.1 Å². The number of nitrogens with zero attached hydrogens (tertiary/aromatic N) is 4. The highest BCUT2D eigenvalue weighted by molar-refractivity contribution is 5.89. The van der Waals surface area contributed by atoms with Crippen LogP contribution in [0.1, 0.15) is 52.1 Å². The first-order chi connectivity index (χ1) is 16.8. The molecule has 0 bridgehead atoms. The molecule has 1 atom stereocenters. The maximum absolute atomic E-state index is 13.7. The van der Waals surface area contributed by atoms with Crippen molar-refractivity contribution in [2.45, 2.75) is 58.7 Å². The first kappa shape index (κ1) is 26.2. The van der Waals surface area contributed by atoms with Crippen LogP contribution in [0.2, 0.25) is 0 Å². The zero-order chi connectivity index (χ0) is 25.4. The van der Waals surface area contributed by atoms with Crippen molar-refractivity contribution in [3.05, 3.63) is 54.1 Å². The quantitative estimate of drug-likeness (QED) is 0.384. The minimum Gasteiger partial charge on any atom is -0.508 e. The summed E-state index contributed by atoms with van der Waals surface area (Å²) in [5, 5.41) is 21.2. The molecule has 2 N–H and O–H groups in total. The van der Waals surface area contributed by atoms with Crippen LogP contribution in [0.25, 0.3) is 11.0 Å². The van der Waals surface area contributed by atoms with Crippen molar-refractivity contribution in [2.75, 3.05) is 19.8 Å². The molecule has 3 aromatic rings. The number of nitrogens with one attached hydrogen (secondary N) is 1. The average Bonchev–Trinajstić information content (AvgIpc) is 3.24. The third kappa shape index (κ3) is 6.79. The smallest absolute Gasteiger partial charge is 0.247 e. The average molecular weight is 482 g/mol. The summed E-state index contributed by atoms with van der Waals surface area (Å²) < 4.78 is 7.04. The molecular weight excluding hydrogens is 446 g/mol. The van der Waals surface area contributed by atoms with Gasteiger partial charge in [0, 0.05) is 25.3 Å². The van der Waals surface area contributed by atoms with Crippen molar-refractivity contribution in [3.63, 3.8) is 0 Å². The Morgan fingerprint density at radius 3 is 2.54 bits per heavy atom. The van der Waals surface area contributed by atoms with Crippen molar-refractivity contribution >= 4 is 22.8 Å². The highest BCUT2D eigenvalue weighted by Crippen LogP contribution is 2.26. The van der Waals surface area contributed by atoms with E-state index in [-0.39, 0.29) is 24.1 Å². The van der Waals surface area contributed by atoms with Gasteiger partial charge in [0.05, 0.1) is 5.52 Å². The Kier molecular flexibility index (Phi) is 8.81. The van der Waals surface area contributed by atoms with Gasteiger partial charge in [-0.1, -0.05) is 36.4 Å². The second kappa shape index (κ2) is 11.8. The fourth-order valence-electron chi connectivity index (χ4n) is 3.75. The normalized spacial score (nSPS) is 12.5. The third-order valence-corrected chi connectivity index (χ3v) is 6.03. The molecule has 0 aliphatic heterocycles. The van der Waals surface area contributed by atoms with Gasteiger partial charge in [-0.25, -0.2) is 4.68 Å². The molecule has 188 valence electrons. The number of fused-ring (bicyclic) bond motifs is 1. The second-order valence-electron chi connectivity index (χ2n) is 9.09. The number of aromatic hydroxyl groups is 1. The Morgan fingerprint density at radius 2 is 1.86 bits per heavy atom. The molecule has 1 aromatic heterocycles. The van der Waals surface area contributed by atoms with E-state index in [9.17, 15) is 14.7 Å². The van der Waals surface area contributed by atoms with Gasteiger partial charge in [0.2, 0.25) is 11.8 Å². The van der Waals surface area contributed by atoms with Gasteiger partial charge >= 0.3 is 0 Å². The summed E-state index contributed by atoms with van der Waals surface area (Å²) >= 11 is 0. The standard InChI is InChI=1S/C26H35N5O4/c1-5-26(3,4)27-25(34)24(19-12-14-20(32)15-13-19)30(16-9-17-35-6-2)23(33)18-31-22-11-8-7-10-21(22)28-29-31/h7-8,10-15,24,32H,5-6,9,16-18H2,1-4H3,(H,27,34). The van der Waals surface area contributed by atoms with Gasteiger partial charge in [-0.15, -0.1) is 5.10 Å². The fraction of sp³-hybridized carbons (Fsp3) is 0.462. The van der Waals surface area contributed by atoms with E-state index in [2.05, 4.69) is 15.6 Å². The SMILES string of the molecule is CCOCCCN(C(=O)Cn1nnc2ccccc21)C(C(=O)NC(C)(C)CC)c1ccc(O)cc1. The summed E-state index contributed by atoms with van der Waals surface area (Å²) in [7, 11) is 0. The monoisotopic (exact) mass is 481 g/mol. The molecule has 2 amide bonds. The Balaban J connectivity index is 1.96. The highest BCUT2D eigenvalue weighted by Gasteiger charge is 2.34. The van der Waals surface area contributed by atoms with Crippen molar-refractivity contribution in [1.82, 2.24) is 25.2 Å². The van der Waals surface area contributed by atoms with Crippen LogP contribution in [0, 0.1) is 0 Å². The molecule has 1 unspecified atom stereocenters. The van der Waals surface area contributed by atoms with Gasteiger partial charge in [0.25, 0.3) is 0 Å². The maximum atomic E-state index is 13.7. The molecule has 9 nitrogen and oxygen atoms in total. The summed E-state index contributed by atoms with van der Waals surface area (Å²) in [5.74, 6) is -0.458. The van der Waals surface area contributed by atoms with E-state index in [4.69, 9.17) is 4.74 Å². The molecule has 0 radical (unpaired) electrons. The number of para-hydroxylation sites is 1. The van der Waals surface area contributed by atoms with Gasteiger partial charge in [-0.2, -0.15) is 0 Å². The second-order valence-corrected chi connectivity index (χ2v) is 9.09. The van der Waals surface area contributed by atoms with E-state index in [1.807, 2.05) is 52.0 Å². The lowest BCUT2D eigenvalue weighted by Crippen LogP contribution is -2.51. The molecule has 0 spiro atoms. The van der Waals surface area contributed by atoms with Gasteiger partial charge in [0.15, 0.2) is 0 Å². The van der Waals surface area contributed by atoms with Crippen LogP contribution in [0.15, 0.2) is 48.5 Å². The lowest BCUT2D eigenvalue weighted by molar-refractivity contribution is -0.142. The number of benzene rings is 2. The van der Waals surface area contributed by atoms with E-state index in [0.29, 0.717) is 37.3 Å². The molecule has 1 heterocycles. The van der Waals surface area contributed by atoms with Gasteiger partial charge in [0.1, 0.15) is 23.9 Å². The number of ether oxygens (including phenoxy) is 1. The van der Waals surface area contributed by atoms with E-state index in [1.54, 1.807) is 21.7 Å². The van der Waals surface area contributed by atoms with E-state index in [1.165, 1.54) is 12.1 Å². The number of phenolic OH excluding ortho intramolecular Hbond substituents is 1. The number of carbonyl (C=O) groups excluding carboxylic acids is 2. The van der Waals surface area contributed by atoms with Gasteiger partial charge in [-0.05, 0) is 63.4 Å². The number of phenols is 1. The van der Waals surface area contributed by atoms with Crippen molar-refractivity contribution < 1.29 is 19.4 Å². The zero-order valence-corrected chi connectivity index (χ0v) is 20.9. The minimum atomic E-state index is -0.884. The first-order valence-electron chi connectivity index (χ1n) is 12.0. The molecule has 0 saturated carbocycles. The van der Waals surface area contributed by atoms with Crippen LogP contribution in [-0.2, 0) is 20.9 Å². The maximum Gasteiger partial charge on any atom is 0.247 e. The number of aromatic nitrogens is 3. The molecule has 0 saturated heterocycles. The highest BCUT2D eigenvalue weighted by atomic mass is 16.5. The summed E-state index contributed by atoms with van der Waals surface area (Å²) in [4.78, 5) is 28.9. The molecule has 0 aliphatic rings. The van der Waals surface area contributed by atoms with Crippen LogP contribution >= 0.6 is 0 Å². The first-order valence-corrected chi connectivity index (χ1v) is 12.0. The van der Waals surface area contributed by atoms with Crippen LogP contribution in [0.5, 0.6) is 5.75 Å². The summed E-state index contributed by atoms with van der Waals surface area (Å²) in [6, 6.07) is 12.9. The fourth-order valence-corrected chi connectivity index (χ4v) is 3.75. The number of hydrogen-bond acceptors (Lipinski definition) is 6. The molecule has 35 heavy (non-hydrogen) atoms. The molecular formula is C26H35N5O4. The number of hydrogen-bond donors (Lipinski definition) is 2. The molecule has 2 aromatic carbocycles. The Labute approximate surface area is 206 Å². The number of rotatable bonds is 12. The summed E-state index contributed by atoms with van der Waals surface area (Å²) in [6.07, 6.45) is 1.29. The van der Waals surface area contributed by atoms with Crippen LogP contribution in [0.4, 0.5) is 0 Å². The number of carbonyl (C=O) groups is 2. The topological polar surface area (TPSA) is 110 Å². The third-order valence-electron chi connectivity index (χ3n) is 6.03. The largest absolute Gasteiger partial charge is 0.508 e. The predicted molar refractivity (Wildman–Crippen MR) is 134 cm³/mol. The van der Waals surface area contributed by atoms with Crippen LogP contribution < -0.4 is 5.32 Å².